The minimum absolute atomic E-state index is 0.313. The van der Waals surface area contributed by atoms with Crippen molar-refractivity contribution in [3.8, 4) is 0 Å². The van der Waals surface area contributed by atoms with Crippen LogP contribution in [-0.4, -0.2) is 24.0 Å². The van der Waals surface area contributed by atoms with Gasteiger partial charge < -0.3 is 5.73 Å². The summed E-state index contributed by atoms with van der Waals surface area (Å²) in [5.41, 5.74) is 6.08. The Labute approximate surface area is 114 Å². The van der Waals surface area contributed by atoms with Crippen molar-refractivity contribution < 1.29 is 0 Å². The van der Waals surface area contributed by atoms with E-state index >= 15 is 0 Å². The second-order valence-electron chi connectivity index (χ2n) is 4.50. The molecule has 0 bridgehead atoms. The zero-order valence-electron chi connectivity index (χ0n) is 9.25. The molecule has 1 fully saturated rings. The van der Waals surface area contributed by atoms with Gasteiger partial charge in [0.2, 0.25) is 0 Å². The number of hydrogen-bond donors (Lipinski definition) is 1. The van der Waals surface area contributed by atoms with E-state index in [9.17, 15) is 0 Å². The lowest BCUT2D eigenvalue weighted by Gasteiger charge is -2.34. The lowest BCUT2D eigenvalue weighted by Crippen LogP contribution is -2.46. The first-order valence-electron chi connectivity index (χ1n) is 5.48. The molecule has 2 N–H and O–H groups in total. The van der Waals surface area contributed by atoms with Gasteiger partial charge in [-0.2, -0.15) is 0 Å². The molecule has 0 aromatic carbocycles. The van der Waals surface area contributed by atoms with Crippen molar-refractivity contribution in [3.05, 3.63) is 19.8 Å². The fraction of sp³-hybridized carbons (Fsp3) is 0.636. The number of nitrogens with two attached hydrogens (primary N) is 1. The molecule has 0 aliphatic carbocycles. The predicted octanol–water partition coefficient (Wildman–Crippen LogP) is 3.33. The van der Waals surface area contributed by atoms with Crippen molar-refractivity contribution in [1.29, 1.82) is 0 Å². The Bertz CT molecular complexity index is 349. The standard InChI is InChI=1S/C11H16BrClN2S/c1-7-2-3-15(6-10(7)14)5-8-4-9(12)11(13)16-8/h4,7,10H,2-3,5-6,14H2,1H3. The molecular formula is C11H16BrClN2S. The molecule has 0 radical (unpaired) electrons. The zero-order valence-corrected chi connectivity index (χ0v) is 12.4. The van der Waals surface area contributed by atoms with E-state index in [0.29, 0.717) is 12.0 Å². The fourth-order valence-electron chi connectivity index (χ4n) is 2.00. The van der Waals surface area contributed by atoms with Gasteiger partial charge in [-0.25, -0.2) is 0 Å². The topological polar surface area (TPSA) is 29.3 Å². The molecule has 5 heteroatoms. The Balaban J connectivity index is 1.95. The summed E-state index contributed by atoms with van der Waals surface area (Å²) in [6.45, 7) is 5.34. The molecule has 2 rings (SSSR count). The van der Waals surface area contributed by atoms with Crippen LogP contribution in [0.15, 0.2) is 10.5 Å². The summed E-state index contributed by atoms with van der Waals surface area (Å²) in [5.74, 6) is 0.648. The molecule has 1 aliphatic rings. The molecule has 2 atom stereocenters. The third kappa shape index (κ3) is 2.99. The van der Waals surface area contributed by atoms with Crippen LogP contribution in [0.2, 0.25) is 4.34 Å². The molecular weight excluding hydrogens is 308 g/mol. The highest BCUT2D eigenvalue weighted by molar-refractivity contribution is 9.10. The first-order valence-corrected chi connectivity index (χ1v) is 7.46. The summed E-state index contributed by atoms with van der Waals surface area (Å²) in [4.78, 5) is 3.72. The minimum Gasteiger partial charge on any atom is -0.326 e. The van der Waals surface area contributed by atoms with E-state index in [2.05, 4.69) is 33.8 Å². The largest absolute Gasteiger partial charge is 0.326 e. The molecule has 0 amide bonds. The van der Waals surface area contributed by atoms with Crippen LogP contribution in [0, 0.1) is 5.92 Å². The van der Waals surface area contributed by atoms with Crippen LogP contribution in [0.4, 0.5) is 0 Å². The first-order chi connectivity index (χ1) is 7.56. The Morgan fingerprint density at radius 2 is 2.44 bits per heavy atom. The molecule has 2 heterocycles. The number of piperidine rings is 1. The summed E-state index contributed by atoms with van der Waals surface area (Å²) >= 11 is 11.1. The molecule has 1 aliphatic heterocycles. The van der Waals surface area contributed by atoms with Crippen LogP contribution < -0.4 is 5.73 Å². The molecule has 0 saturated carbocycles. The lowest BCUT2D eigenvalue weighted by atomic mass is 9.94. The van der Waals surface area contributed by atoms with Gasteiger partial charge in [0, 0.05) is 28.5 Å². The summed E-state index contributed by atoms with van der Waals surface area (Å²) < 4.78 is 1.84. The number of halogens is 2. The number of hydrogen-bond acceptors (Lipinski definition) is 3. The molecule has 1 saturated heterocycles. The third-order valence-electron chi connectivity index (χ3n) is 3.18. The van der Waals surface area contributed by atoms with Crippen molar-refractivity contribution in [2.45, 2.75) is 25.9 Å². The van der Waals surface area contributed by atoms with E-state index in [1.807, 2.05) is 0 Å². The molecule has 16 heavy (non-hydrogen) atoms. The molecule has 2 nitrogen and oxygen atoms in total. The lowest BCUT2D eigenvalue weighted by molar-refractivity contribution is 0.163. The van der Waals surface area contributed by atoms with Crippen LogP contribution in [0.3, 0.4) is 0 Å². The van der Waals surface area contributed by atoms with Crippen LogP contribution in [0.5, 0.6) is 0 Å². The van der Waals surface area contributed by atoms with E-state index in [1.54, 1.807) is 11.3 Å². The van der Waals surface area contributed by atoms with Crippen molar-refractivity contribution in [2.24, 2.45) is 11.7 Å². The van der Waals surface area contributed by atoms with Crippen molar-refractivity contribution in [1.82, 2.24) is 4.90 Å². The number of nitrogens with zero attached hydrogens (tertiary/aromatic N) is 1. The summed E-state index contributed by atoms with van der Waals surface area (Å²) in [5, 5.41) is 0. The highest BCUT2D eigenvalue weighted by Crippen LogP contribution is 2.33. The van der Waals surface area contributed by atoms with Gasteiger partial charge in [-0.15, -0.1) is 11.3 Å². The summed E-state index contributed by atoms with van der Waals surface area (Å²) in [6, 6.07) is 2.42. The van der Waals surface area contributed by atoms with Gasteiger partial charge in [0.1, 0.15) is 4.34 Å². The number of rotatable bonds is 2. The second kappa shape index (κ2) is 5.36. The maximum Gasteiger partial charge on any atom is 0.107 e. The smallest absolute Gasteiger partial charge is 0.107 e. The molecule has 1 aromatic rings. The van der Waals surface area contributed by atoms with Gasteiger partial charge in [0.05, 0.1) is 0 Å². The molecule has 2 unspecified atom stereocenters. The number of thiophene rings is 1. The second-order valence-corrected chi connectivity index (χ2v) is 7.09. The number of likely N-dealkylation sites (tertiary alicyclic amines) is 1. The van der Waals surface area contributed by atoms with Gasteiger partial charge in [-0.1, -0.05) is 18.5 Å². The van der Waals surface area contributed by atoms with Crippen molar-refractivity contribution in [2.75, 3.05) is 13.1 Å². The van der Waals surface area contributed by atoms with Gasteiger partial charge in [0.25, 0.3) is 0 Å². The van der Waals surface area contributed by atoms with E-state index in [0.717, 1.165) is 28.4 Å². The zero-order chi connectivity index (χ0) is 11.7. The Kier molecular flexibility index (Phi) is 4.30. The van der Waals surface area contributed by atoms with Crippen LogP contribution >= 0.6 is 38.9 Å². The predicted molar refractivity (Wildman–Crippen MR) is 74.1 cm³/mol. The van der Waals surface area contributed by atoms with Crippen LogP contribution in [-0.2, 0) is 6.54 Å². The SMILES string of the molecule is CC1CCN(Cc2cc(Br)c(Cl)s2)CC1N. The van der Waals surface area contributed by atoms with Crippen molar-refractivity contribution in [3.63, 3.8) is 0 Å². The Hall–Kier alpha value is 0.390. The minimum atomic E-state index is 0.313. The fourth-order valence-corrected chi connectivity index (χ4v) is 3.84. The van der Waals surface area contributed by atoms with Crippen LogP contribution in [0.25, 0.3) is 0 Å². The quantitative estimate of drug-likeness (QED) is 0.904. The molecule has 90 valence electrons. The normalized spacial score (nSPS) is 27.2. The van der Waals surface area contributed by atoms with Gasteiger partial charge in [-0.05, 0) is 40.9 Å². The van der Waals surface area contributed by atoms with E-state index in [-0.39, 0.29) is 0 Å². The highest BCUT2D eigenvalue weighted by atomic mass is 79.9. The summed E-state index contributed by atoms with van der Waals surface area (Å²) in [6.07, 6.45) is 1.20. The Morgan fingerprint density at radius 1 is 1.69 bits per heavy atom. The van der Waals surface area contributed by atoms with Crippen molar-refractivity contribution >= 4 is 38.9 Å². The average Bonchev–Trinajstić information content (AvgIpc) is 2.52. The third-order valence-corrected chi connectivity index (χ3v) is 5.64. The Morgan fingerprint density at radius 3 is 3.00 bits per heavy atom. The molecule has 1 aromatic heterocycles. The maximum atomic E-state index is 6.08. The summed E-state index contributed by atoms with van der Waals surface area (Å²) in [7, 11) is 0. The maximum absolute atomic E-state index is 6.08. The first kappa shape index (κ1) is 12.8. The van der Waals surface area contributed by atoms with E-state index in [4.69, 9.17) is 17.3 Å². The average molecular weight is 324 g/mol. The van der Waals surface area contributed by atoms with E-state index in [1.165, 1.54) is 11.3 Å². The van der Waals surface area contributed by atoms with E-state index < -0.39 is 0 Å². The monoisotopic (exact) mass is 322 g/mol. The van der Waals surface area contributed by atoms with Gasteiger partial charge >= 0.3 is 0 Å². The van der Waals surface area contributed by atoms with Gasteiger partial charge in [0.15, 0.2) is 0 Å². The molecule has 0 spiro atoms. The van der Waals surface area contributed by atoms with Crippen LogP contribution in [0.1, 0.15) is 18.2 Å². The highest BCUT2D eigenvalue weighted by Gasteiger charge is 2.23. The van der Waals surface area contributed by atoms with Gasteiger partial charge in [-0.3, -0.25) is 4.90 Å².